The van der Waals surface area contributed by atoms with Crippen molar-refractivity contribution in [2.24, 2.45) is 0 Å². The van der Waals surface area contributed by atoms with Crippen LogP contribution in [0.2, 0.25) is 0 Å². The molecule has 11 heteroatoms. The van der Waals surface area contributed by atoms with Crippen LogP contribution >= 0.6 is 0 Å². The first-order valence-corrected chi connectivity index (χ1v) is 53.1. The van der Waals surface area contributed by atoms with Crippen molar-refractivity contribution in [3.05, 3.63) is 314 Å². The molecule has 137 heavy (non-hydrogen) atoms. The van der Waals surface area contributed by atoms with E-state index < -0.39 is 0 Å². The summed E-state index contributed by atoms with van der Waals surface area (Å²) < 4.78 is 27.2. The van der Waals surface area contributed by atoms with Crippen LogP contribution in [0, 0.1) is 11.6 Å². The van der Waals surface area contributed by atoms with Crippen LogP contribution < -0.4 is 42.5 Å². The summed E-state index contributed by atoms with van der Waals surface area (Å²) in [6.07, 6.45) is 13.3. The minimum Gasteiger partial charge on any atom is -0.312 e. The quantitative estimate of drug-likeness (QED) is 0.0880. The van der Waals surface area contributed by atoms with E-state index in [-0.39, 0.29) is 72.3 Å². The predicted octanol–water partition coefficient (Wildman–Crippen LogP) is 27.2. The van der Waals surface area contributed by atoms with Gasteiger partial charge in [0.15, 0.2) is 0 Å². The molecule has 0 amide bonds. The van der Waals surface area contributed by atoms with Crippen molar-refractivity contribution in [1.29, 1.82) is 0 Å². The van der Waals surface area contributed by atoms with E-state index >= 15 is 0 Å². The molecule has 20 rings (SSSR count). The summed E-state index contributed by atoms with van der Waals surface area (Å²) in [4.78, 5) is 2.55. The Bertz CT molecular complexity index is 5120. The minimum atomic E-state index is -0.0533. The van der Waals surface area contributed by atoms with Crippen molar-refractivity contribution in [3.63, 3.8) is 0 Å². The third-order valence-electron chi connectivity index (χ3n) is 30.9. The second kappa shape index (κ2) is 44.1. The van der Waals surface area contributed by atoms with Crippen LogP contribution in [0.3, 0.4) is 0 Å². The maximum Gasteiger partial charge on any atom is 0.126 e. The summed E-state index contributed by atoms with van der Waals surface area (Å²) in [6.45, 7) is 86.7. The predicted molar refractivity (Wildman–Crippen MR) is 583 cm³/mol. The monoisotopic (exact) mass is 1860 g/mol. The van der Waals surface area contributed by atoms with E-state index in [1.807, 2.05) is 39.8 Å². The lowest BCUT2D eigenvalue weighted by molar-refractivity contribution is 0.203. The van der Waals surface area contributed by atoms with Crippen LogP contribution in [0.1, 0.15) is 402 Å². The minimum absolute atomic E-state index is 0.0411. The molecule has 746 valence electrons. The Hall–Kier alpha value is -7.52. The molecule has 9 heterocycles. The normalized spacial score (nSPS) is 18.4. The molecule has 2 fully saturated rings. The lowest BCUT2D eigenvalue weighted by Crippen LogP contribution is -2.42. The van der Waals surface area contributed by atoms with Gasteiger partial charge in [-0.1, -0.05) is 326 Å². The Morgan fingerprint density at radius 2 is 0.591 bits per heavy atom. The highest BCUT2D eigenvalue weighted by molar-refractivity contribution is 5.49. The molecule has 9 aliphatic heterocycles. The summed E-state index contributed by atoms with van der Waals surface area (Å²) in [7, 11) is 0. The fourth-order valence-electron chi connectivity index (χ4n) is 20.9. The molecule has 2 spiro atoms. The van der Waals surface area contributed by atoms with Crippen LogP contribution in [0.15, 0.2) is 152 Å². The number of halogens is 2. The van der Waals surface area contributed by atoms with Crippen LogP contribution in [-0.4, -0.2) is 69.8 Å². The summed E-state index contributed by atoms with van der Waals surface area (Å²) in [5.74, 6) is 0.445. The molecule has 11 aliphatic rings. The van der Waals surface area contributed by atoms with Gasteiger partial charge in [-0.3, -0.25) is 4.90 Å². The zero-order valence-electron chi connectivity index (χ0n) is 91.5. The Morgan fingerprint density at radius 3 is 1.04 bits per heavy atom. The van der Waals surface area contributed by atoms with Crippen LogP contribution in [0.4, 0.5) is 8.78 Å². The zero-order chi connectivity index (χ0) is 100.0. The molecular formula is C126H183F2N9. The van der Waals surface area contributed by atoms with E-state index in [4.69, 9.17) is 0 Å². The third kappa shape index (κ3) is 28.5. The van der Waals surface area contributed by atoms with Gasteiger partial charge in [0, 0.05) is 99.9 Å². The first kappa shape index (κ1) is 108. The first-order valence-electron chi connectivity index (χ1n) is 53.1. The number of nitrogens with one attached hydrogen (secondary N) is 8. The van der Waals surface area contributed by atoms with Crippen molar-refractivity contribution >= 4 is 0 Å². The highest BCUT2D eigenvalue weighted by Crippen LogP contribution is 2.52. The van der Waals surface area contributed by atoms with Gasteiger partial charge in [-0.2, -0.15) is 0 Å². The number of rotatable bonds is 3. The van der Waals surface area contributed by atoms with Gasteiger partial charge in [0.2, 0.25) is 0 Å². The molecular weight excluding hydrogens is 1680 g/mol. The highest BCUT2D eigenvalue weighted by Gasteiger charge is 2.48. The van der Waals surface area contributed by atoms with Crippen molar-refractivity contribution in [2.45, 2.75) is 409 Å². The molecule has 8 N–H and O–H groups in total. The average molecular weight is 1860 g/mol. The smallest absolute Gasteiger partial charge is 0.126 e. The Morgan fingerprint density at radius 1 is 0.277 bits per heavy atom. The lowest BCUT2D eigenvalue weighted by atomic mass is 9.76. The number of hydrogen-bond donors (Lipinski definition) is 8. The largest absolute Gasteiger partial charge is 0.312 e. The van der Waals surface area contributed by atoms with Crippen molar-refractivity contribution in [1.82, 2.24) is 47.4 Å². The maximum atomic E-state index is 13.6. The molecule has 0 aromatic heterocycles. The Kier molecular flexibility index (Phi) is 34.9. The van der Waals surface area contributed by atoms with Crippen LogP contribution in [0.5, 0.6) is 0 Å². The molecule has 0 bridgehead atoms. The van der Waals surface area contributed by atoms with Gasteiger partial charge >= 0.3 is 0 Å². The van der Waals surface area contributed by atoms with Crippen LogP contribution in [-0.2, 0) is 151 Å². The van der Waals surface area contributed by atoms with Crippen LogP contribution in [0.25, 0.3) is 0 Å². The second-order valence-electron chi connectivity index (χ2n) is 51.2. The second-order valence-corrected chi connectivity index (χ2v) is 51.2. The third-order valence-corrected chi connectivity index (χ3v) is 30.9. The summed E-state index contributed by atoms with van der Waals surface area (Å²) in [6, 6.07) is 57.4. The van der Waals surface area contributed by atoms with Gasteiger partial charge in [-0.25, -0.2) is 8.78 Å². The number of fused-ring (bicyclic) bond motifs is 11. The molecule has 9 nitrogen and oxygen atoms in total. The summed E-state index contributed by atoms with van der Waals surface area (Å²) in [5.41, 5.74) is 41.3. The Balaban J connectivity index is 0.000000138. The summed E-state index contributed by atoms with van der Waals surface area (Å²) >= 11 is 0. The molecule has 0 radical (unpaired) electrons. The highest BCUT2D eigenvalue weighted by atomic mass is 19.1. The van der Waals surface area contributed by atoms with E-state index in [2.05, 4.69) is 362 Å². The zero-order valence-corrected chi connectivity index (χ0v) is 91.5. The SMILES string of the molecule is CC(C)(C)c1ccc2c(c1)CCNC2.CC(C)(C)c1ccc2c(c1)CCNC2(C)C.CC(C)(C)c1ccc2c(c1)CCNC21CC1.CC(C)(C)c1ccc2c(c1)CNCC2.CC(C)(C)c1ccc2c(c1)CNCC2(C)C.CC(C)(C)c1ccc2c(c1)CNCC21CC1.CC(C)N1CCc2cc(C(C)(C)C)ccc2C1.CC(C)c1cc2c(cc1F)CCNC2.CC(C)c1cc2c(cc1F)CNCC2. The van der Waals surface area contributed by atoms with E-state index in [0.29, 0.717) is 17.0 Å². The van der Waals surface area contributed by atoms with Crippen molar-refractivity contribution in [2.75, 3.05) is 58.9 Å². The van der Waals surface area contributed by atoms with Gasteiger partial charge in [0.1, 0.15) is 11.6 Å². The van der Waals surface area contributed by atoms with E-state index in [1.54, 1.807) is 34.4 Å². The molecule has 9 aromatic rings. The standard InChI is InChI=1S/C16H25N.2C15H21N.2C15H23N.2C13H19N.2C12H16FN/c1-12(2)17-9-8-13-10-15(16(3,4)5)7-6-14(13)11-17;1-14(2,3)12-4-5-13-11(10-12)6-9-16-15(13)7-8-15;1-14(2,3)12-4-5-13-11(8-12)9-16-10-15(13)6-7-15;1-14(2,3)12-6-7-13-11(8-12)9-16-10-15(13,4)5;1-14(2,3)12-6-7-13-11(10-12)8-9-16-15(13,4)5;1-13(2,3)12-5-4-11-9-14-7-6-10(11)8-12;1-13(2,3)12-5-4-10-6-7-14-9-11(10)8-12;1-8(2)11-5-10-7-14-4-3-9(10)6-12(11)13;1-8(2)11-5-9-3-4-14-7-10(9)6-12(11)13/h6-7,10,12H,8-9,11H2,1-5H3;4-5,10,16H,6-9H2,1-3H3;4-5,8,16H,6-7,9-10H2,1-3H3;6-8,16H,9-10H2,1-5H3;6-7,10,16H,8-9H2,1-5H3;2*4-5,8,14H,6-7,9H2,1-3H3;2*5-6,8,14H,3-4,7H2,1-2H3. The molecule has 0 atom stereocenters. The van der Waals surface area contributed by atoms with Gasteiger partial charge in [-0.15, -0.1) is 0 Å². The topological polar surface area (TPSA) is 99.5 Å². The molecule has 0 saturated heterocycles. The molecule has 9 aromatic carbocycles. The average Bonchev–Trinajstić information content (AvgIpc) is 1.60. The van der Waals surface area contributed by atoms with Crippen molar-refractivity contribution < 1.29 is 8.78 Å². The fraction of sp³-hybridized carbons (Fsp3) is 0.571. The van der Waals surface area contributed by atoms with Crippen molar-refractivity contribution in [3.8, 4) is 0 Å². The fourth-order valence-corrected chi connectivity index (χ4v) is 20.9. The van der Waals surface area contributed by atoms with Gasteiger partial charge < -0.3 is 42.5 Å². The van der Waals surface area contributed by atoms with E-state index in [9.17, 15) is 8.78 Å². The Labute approximate surface area is 832 Å². The molecule has 0 unspecified atom stereocenters. The van der Waals surface area contributed by atoms with Gasteiger partial charge in [-0.05, 0) is 343 Å². The number of hydrogen-bond acceptors (Lipinski definition) is 9. The first-order chi connectivity index (χ1) is 64.0. The number of nitrogens with zero attached hydrogens (tertiary/aromatic N) is 1. The maximum absolute atomic E-state index is 13.6. The lowest BCUT2D eigenvalue weighted by Gasteiger charge is -2.35. The van der Waals surface area contributed by atoms with E-state index in [0.717, 1.165) is 128 Å². The summed E-state index contributed by atoms with van der Waals surface area (Å²) in [5, 5.41) is 27.7. The molecule has 2 aliphatic carbocycles. The van der Waals surface area contributed by atoms with Gasteiger partial charge in [0.25, 0.3) is 0 Å². The molecule has 2 saturated carbocycles. The van der Waals surface area contributed by atoms with Gasteiger partial charge in [0.05, 0.1) is 0 Å². The number of benzene rings is 9. The van der Waals surface area contributed by atoms with E-state index in [1.165, 1.54) is 176 Å².